The third-order valence-electron chi connectivity index (χ3n) is 4.91. The molecule has 0 bridgehead atoms. The normalized spacial score (nSPS) is 15.5. The number of carbonyl (C=O) groups is 1. The van der Waals surface area contributed by atoms with Crippen LogP contribution in [0.5, 0.6) is 0 Å². The van der Waals surface area contributed by atoms with E-state index in [1.807, 2.05) is 6.92 Å². The number of hydrogen-bond acceptors (Lipinski definition) is 6. The molecule has 1 aromatic carbocycles. The van der Waals surface area contributed by atoms with E-state index in [0.29, 0.717) is 19.0 Å². The second kappa shape index (κ2) is 9.93. The van der Waals surface area contributed by atoms with Crippen LogP contribution in [0.4, 0.5) is 5.95 Å². The molecular formula is C20H29N5O2S. The summed E-state index contributed by atoms with van der Waals surface area (Å²) in [4.78, 5) is 14.6. The predicted octanol–water partition coefficient (Wildman–Crippen LogP) is 2.67. The molecule has 28 heavy (non-hydrogen) atoms. The van der Waals surface area contributed by atoms with Crippen LogP contribution in [0.1, 0.15) is 37.9 Å². The molecule has 1 aliphatic rings. The van der Waals surface area contributed by atoms with Crippen LogP contribution < -0.4 is 10.2 Å². The number of rotatable bonds is 8. The highest BCUT2D eigenvalue weighted by Gasteiger charge is 2.20. The number of nitrogens with zero attached hydrogens (tertiary/aromatic N) is 4. The van der Waals surface area contributed by atoms with Gasteiger partial charge in [0, 0.05) is 19.6 Å². The molecule has 1 atom stereocenters. The lowest BCUT2D eigenvalue weighted by Gasteiger charge is -2.27. The van der Waals surface area contributed by atoms with Crippen LogP contribution in [0.2, 0.25) is 0 Å². The number of benzene rings is 1. The first kappa shape index (κ1) is 20.7. The van der Waals surface area contributed by atoms with E-state index >= 15 is 0 Å². The highest BCUT2D eigenvalue weighted by Crippen LogP contribution is 2.23. The Hall–Kier alpha value is -2.06. The maximum atomic E-state index is 12.4. The molecule has 1 saturated heterocycles. The number of thioether (sulfide) groups is 1. The largest absolute Gasteiger partial charge is 0.378 e. The Kier molecular flexibility index (Phi) is 7.33. The van der Waals surface area contributed by atoms with Gasteiger partial charge in [-0.3, -0.25) is 9.36 Å². The lowest BCUT2D eigenvalue weighted by molar-refractivity contribution is -0.119. The average molecular weight is 404 g/mol. The van der Waals surface area contributed by atoms with Crippen LogP contribution in [0, 0.1) is 0 Å². The van der Waals surface area contributed by atoms with E-state index in [4.69, 9.17) is 4.74 Å². The topological polar surface area (TPSA) is 72.3 Å². The SMILES string of the molecule is CCc1ccc([C@H](C)NC(=O)CSc2nnc(N3CCOCC3)n2CC)cc1. The Bertz CT molecular complexity index is 771. The van der Waals surface area contributed by atoms with Crippen molar-refractivity contribution in [1.29, 1.82) is 0 Å². The molecule has 7 nitrogen and oxygen atoms in total. The fourth-order valence-corrected chi connectivity index (χ4v) is 4.01. The molecular weight excluding hydrogens is 374 g/mol. The van der Waals surface area contributed by atoms with E-state index in [9.17, 15) is 4.79 Å². The minimum Gasteiger partial charge on any atom is -0.378 e. The molecule has 1 aromatic heterocycles. The number of nitrogens with one attached hydrogen (secondary N) is 1. The van der Waals surface area contributed by atoms with E-state index in [2.05, 4.69) is 63.1 Å². The van der Waals surface area contributed by atoms with E-state index in [1.165, 1.54) is 17.3 Å². The third kappa shape index (κ3) is 5.05. The zero-order valence-electron chi connectivity index (χ0n) is 16.9. The van der Waals surface area contributed by atoms with Crippen molar-refractivity contribution >= 4 is 23.6 Å². The highest BCUT2D eigenvalue weighted by atomic mass is 32.2. The van der Waals surface area contributed by atoms with Gasteiger partial charge in [0.25, 0.3) is 0 Å². The first-order valence-electron chi connectivity index (χ1n) is 9.89. The van der Waals surface area contributed by atoms with Gasteiger partial charge in [0.2, 0.25) is 11.9 Å². The van der Waals surface area contributed by atoms with E-state index in [-0.39, 0.29) is 11.9 Å². The summed E-state index contributed by atoms with van der Waals surface area (Å²) in [6.45, 7) is 10.0. The van der Waals surface area contributed by atoms with E-state index < -0.39 is 0 Å². The Balaban J connectivity index is 1.55. The van der Waals surface area contributed by atoms with Gasteiger partial charge in [0.1, 0.15) is 0 Å². The molecule has 0 aliphatic carbocycles. The zero-order chi connectivity index (χ0) is 19.9. The van der Waals surface area contributed by atoms with Crippen molar-refractivity contribution in [2.24, 2.45) is 0 Å². The molecule has 0 unspecified atom stereocenters. The number of aromatic nitrogens is 3. The summed E-state index contributed by atoms with van der Waals surface area (Å²) < 4.78 is 7.48. The van der Waals surface area contributed by atoms with Gasteiger partial charge >= 0.3 is 0 Å². The van der Waals surface area contributed by atoms with Crippen LogP contribution in [0.3, 0.4) is 0 Å². The Morgan fingerprint density at radius 1 is 1.21 bits per heavy atom. The molecule has 2 aromatic rings. The maximum absolute atomic E-state index is 12.4. The fourth-order valence-electron chi connectivity index (χ4n) is 3.20. The lowest BCUT2D eigenvalue weighted by atomic mass is 10.1. The van der Waals surface area contributed by atoms with Crippen molar-refractivity contribution in [1.82, 2.24) is 20.1 Å². The molecule has 8 heteroatoms. The van der Waals surface area contributed by atoms with Crippen LogP contribution in [-0.2, 0) is 22.5 Å². The van der Waals surface area contributed by atoms with Gasteiger partial charge in [0.15, 0.2) is 5.16 Å². The van der Waals surface area contributed by atoms with Crippen LogP contribution in [0.25, 0.3) is 0 Å². The van der Waals surface area contributed by atoms with Crippen molar-refractivity contribution < 1.29 is 9.53 Å². The number of aryl methyl sites for hydroxylation is 1. The van der Waals surface area contributed by atoms with Gasteiger partial charge in [-0.15, -0.1) is 10.2 Å². The lowest BCUT2D eigenvalue weighted by Crippen LogP contribution is -2.38. The molecule has 1 fully saturated rings. The summed E-state index contributed by atoms with van der Waals surface area (Å²) in [5.41, 5.74) is 2.41. The second-order valence-electron chi connectivity index (χ2n) is 6.80. The number of hydrogen-bond donors (Lipinski definition) is 1. The van der Waals surface area contributed by atoms with Gasteiger partial charge < -0.3 is 15.0 Å². The van der Waals surface area contributed by atoms with Gasteiger partial charge in [-0.1, -0.05) is 43.0 Å². The summed E-state index contributed by atoms with van der Waals surface area (Å²) in [7, 11) is 0. The van der Waals surface area contributed by atoms with Crippen LogP contribution in [0.15, 0.2) is 29.4 Å². The molecule has 0 saturated carbocycles. The van der Waals surface area contributed by atoms with Crippen molar-refractivity contribution in [3.8, 4) is 0 Å². The molecule has 1 amide bonds. The minimum atomic E-state index is -0.0213. The Labute approximate surface area is 170 Å². The Morgan fingerprint density at radius 3 is 2.57 bits per heavy atom. The third-order valence-corrected chi connectivity index (χ3v) is 5.87. The van der Waals surface area contributed by atoms with Crippen molar-refractivity contribution in [3.63, 3.8) is 0 Å². The number of ether oxygens (including phenoxy) is 1. The summed E-state index contributed by atoms with van der Waals surface area (Å²) >= 11 is 1.43. The standard InChI is InChI=1S/C20H29N5O2S/c1-4-16-6-8-17(9-7-16)15(3)21-18(26)14-28-20-23-22-19(25(20)5-2)24-10-12-27-13-11-24/h6-9,15H,4-5,10-14H2,1-3H3,(H,21,26)/t15-/m0/s1. The summed E-state index contributed by atoms with van der Waals surface area (Å²) in [5, 5.41) is 12.5. The maximum Gasteiger partial charge on any atom is 0.230 e. The van der Waals surface area contributed by atoms with E-state index in [1.54, 1.807) is 0 Å². The second-order valence-corrected chi connectivity index (χ2v) is 7.74. The average Bonchev–Trinajstić information content (AvgIpc) is 3.16. The monoisotopic (exact) mass is 403 g/mol. The van der Waals surface area contributed by atoms with Crippen molar-refractivity contribution in [2.75, 3.05) is 37.0 Å². The summed E-state index contributed by atoms with van der Waals surface area (Å²) in [6.07, 6.45) is 1.02. The van der Waals surface area contributed by atoms with Gasteiger partial charge in [0.05, 0.1) is 25.0 Å². The highest BCUT2D eigenvalue weighted by molar-refractivity contribution is 7.99. The van der Waals surface area contributed by atoms with Gasteiger partial charge in [-0.25, -0.2) is 0 Å². The number of morpholine rings is 1. The number of anilines is 1. The zero-order valence-corrected chi connectivity index (χ0v) is 17.7. The smallest absolute Gasteiger partial charge is 0.230 e. The molecule has 1 aliphatic heterocycles. The molecule has 0 spiro atoms. The molecule has 152 valence electrons. The van der Waals surface area contributed by atoms with Gasteiger partial charge in [-0.2, -0.15) is 0 Å². The summed E-state index contributed by atoms with van der Waals surface area (Å²) in [5.74, 6) is 1.17. The first-order chi connectivity index (χ1) is 13.6. The summed E-state index contributed by atoms with van der Waals surface area (Å²) in [6, 6.07) is 8.37. The van der Waals surface area contributed by atoms with Crippen molar-refractivity contribution in [3.05, 3.63) is 35.4 Å². The fraction of sp³-hybridized carbons (Fsp3) is 0.550. The minimum absolute atomic E-state index is 0.00403. The van der Waals surface area contributed by atoms with Crippen LogP contribution >= 0.6 is 11.8 Å². The molecule has 0 radical (unpaired) electrons. The molecule has 1 N–H and O–H groups in total. The van der Waals surface area contributed by atoms with Crippen molar-refractivity contribution in [2.45, 2.75) is 44.9 Å². The first-order valence-corrected chi connectivity index (χ1v) is 10.9. The Morgan fingerprint density at radius 2 is 1.93 bits per heavy atom. The molecule has 3 rings (SSSR count). The number of amides is 1. The van der Waals surface area contributed by atoms with E-state index in [0.717, 1.165) is 42.7 Å². The van der Waals surface area contributed by atoms with Crippen LogP contribution in [-0.4, -0.2) is 52.7 Å². The quantitative estimate of drug-likeness (QED) is 0.683. The van der Waals surface area contributed by atoms with Gasteiger partial charge in [-0.05, 0) is 31.4 Å². The predicted molar refractivity (Wildman–Crippen MR) is 112 cm³/mol. The molecule has 2 heterocycles. The number of carbonyl (C=O) groups excluding carboxylic acids is 1.